The SMILES string of the molecule is C=CC1CCC(C2CCC(C#N)(COCC)CC2)CC1. The van der Waals surface area contributed by atoms with Gasteiger partial charge in [-0.15, -0.1) is 6.58 Å². The highest BCUT2D eigenvalue weighted by Gasteiger charge is 2.38. The zero-order valence-corrected chi connectivity index (χ0v) is 12.9. The van der Waals surface area contributed by atoms with Crippen molar-refractivity contribution in [2.45, 2.75) is 58.3 Å². The van der Waals surface area contributed by atoms with Gasteiger partial charge in [0.2, 0.25) is 0 Å². The molecule has 2 nitrogen and oxygen atoms in total. The number of allylic oxidation sites excluding steroid dienone is 1. The minimum atomic E-state index is -0.190. The molecule has 2 aliphatic rings. The molecule has 112 valence electrons. The van der Waals surface area contributed by atoms with E-state index in [9.17, 15) is 5.26 Å². The zero-order valence-electron chi connectivity index (χ0n) is 12.9. The third kappa shape index (κ3) is 3.64. The second-order valence-electron chi connectivity index (χ2n) is 6.78. The Hall–Kier alpha value is -0.810. The Morgan fingerprint density at radius 1 is 1.15 bits per heavy atom. The fourth-order valence-electron chi connectivity index (χ4n) is 4.10. The molecule has 2 fully saturated rings. The lowest BCUT2D eigenvalue weighted by Crippen LogP contribution is -2.34. The lowest BCUT2D eigenvalue weighted by atomic mass is 9.65. The summed E-state index contributed by atoms with van der Waals surface area (Å²) in [6.07, 6.45) is 12.1. The number of nitrogens with zero attached hydrogens (tertiary/aromatic N) is 1. The Balaban J connectivity index is 1.82. The third-order valence-corrected chi connectivity index (χ3v) is 5.62. The van der Waals surface area contributed by atoms with Gasteiger partial charge < -0.3 is 4.74 Å². The normalized spacial score (nSPS) is 38.1. The molecule has 20 heavy (non-hydrogen) atoms. The van der Waals surface area contributed by atoms with Gasteiger partial charge in [-0.2, -0.15) is 5.26 Å². The van der Waals surface area contributed by atoms with Gasteiger partial charge in [-0.3, -0.25) is 0 Å². The minimum Gasteiger partial charge on any atom is -0.380 e. The van der Waals surface area contributed by atoms with E-state index in [1.165, 1.54) is 38.5 Å². The second kappa shape index (κ2) is 7.27. The second-order valence-corrected chi connectivity index (χ2v) is 6.78. The Morgan fingerprint density at radius 2 is 1.75 bits per heavy atom. The molecule has 0 bridgehead atoms. The highest BCUT2D eigenvalue weighted by molar-refractivity contribution is 5.02. The van der Waals surface area contributed by atoms with Crippen LogP contribution < -0.4 is 0 Å². The lowest BCUT2D eigenvalue weighted by Gasteiger charge is -2.40. The van der Waals surface area contributed by atoms with Gasteiger partial charge in [-0.05, 0) is 76.0 Å². The van der Waals surface area contributed by atoms with Crippen molar-refractivity contribution in [1.29, 1.82) is 5.26 Å². The van der Waals surface area contributed by atoms with Crippen LogP contribution in [0.1, 0.15) is 58.3 Å². The van der Waals surface area contributed by atoms with E-state index < -0.39 is 0 Å². The summed E-state index contributed by atoms with van der Waals surface area (Å²) in [6.45, 7) is 7.29. The van der Waals surface area contributed by atoms with Gasteiger partial charge in [0.25, 0.3) is 0 Å². The summed E-state index contributed by atoms with van der Waals surface area (Å²) in [5.41, 5.74) is -0.190. The molecule has 2 heteroatoms. The Bertz CT molecular complexity index is 341. The van der Waals surface area contributed by atoms with Crippen LogP contribution in [0.25, 0.3) is 0 Å². The molecule has 0 aromatic heterocycles. The van der Waals surface area contributed by atoms with Crippen molar-refractivity contribution in [2.24, 2.45) is 23.2 Å². The fourth-order valence-corrected chi connectivity index (χ4v) is 4.10. The molecule has 0 heterocycles. The number of hydrogen-bond acceptors (Lipinski definition) is 2. The zero-order chi connectivity index (χ0) is 14.4. The fraction of sp³-hybridized carbons (Fsp3) is 0.833. The number of ether oxygens (including phenoxy) is 1. The molecule has 0 unspecified atom stereocenters. The monoisotopic (exact) mass is 275 g/mol. The number of nitriles is 1. The van der Waals surface area contributed by atoms with Crippen LogP contribution in [0.15, 0.2) is 12.7 Å². The molecule has 2 rings (SSSR count). The molecule has 0 N–H and O–H groups in total. The first kappa shape index (κ1) is 15.6. The van der Waals surface area contributed by atoms with Crippen molar-refractivity contribution in [3.63, 3.8) is 0 Å². The van der Waals surface area contributed by atoms with Crippen LogP contribution in [0.4, 0.5) is 0 Å². The first-order valence-corrected chi connectivity index (χ1v) is 8.34. The van der Waals surface area contributed by atoms with Gasteiger partial charge in [0.05, 0.1) is 18.1 Å². The molecule has 0 radical (unpaired) electrons. The predicted octanol–water partition coefficient (Wildman–Crippen LogP) is 4.72. The topological polar surface area (TPSA) is 33.0 Å². The van der Waals surface area contributed by atoms with Crippen LogP contribution >= 0.6 is 0 Å². The highest BCUT2D eigenvalue weighted by Crippen LogP contribution is 2.45. The van der Waals surface area contributed by atoms with E-state index in [-0.39, 0.29) is 5.41 Å². The van der Waals surface area contributed by atoms with E-state index >= 15 is 0 Å². The van der Waals surface area contributed by atoms with E-state index in [4.69, 9.17) is 4.74 Å². The molecule has 2 aliphatic carbocycles. The molecule has 2 saturated carbocycles. The average molecular weight is 275 g/mol. The number of rotatable bonds is 5. The highest BCUT2D eigenvalue weighted by atomic mass is 16.5. The molecule has 0 spiro atoms. The summed E-state index contributed by atoms with van der Waals surface area (Å²) in [5.74, 6) is 2.50. The Morgan fingerprint density at radius 3 is 2.25 bits per heavy atom. The van der Waals surface area contributed by atoms with Crippen molar-refractivity contribution in [3.05, 3.63) is 12.7 Å². The van der Waals surface area contributed by atoms with Crippen molar-refractivity contribution in [1.82, 2.24) is 0 Å². The van der Waals surface area contributed by atoms with Crippen LogP contribution in [0.2, 0.25) is 0 Å². The van der Waals surface area contributed by atoms with Crippen LogP contribution in [0.5, 0.6) is 0 Å². The summed E-state index contributed by atoms with van der Waals surface area (Å²) >= 11 is 0. The first-order valence-electron chi connectivity index (χ1n) is 8.34. The smallest absolute Gasteiger partial charge is 0.0807 e. The van der Waals surface area contributed by atoms with Crippen molar-refractivity contribution in [3.8, 4) is 6.07 Å². The van der Waals surface area contributed by atoms with Crippen LogP contribution in [0, 0.1) is 34.5 Å². The van der Waals surface area contributed by atoms with Crippen molar-refractivity contribution < 1.29 is 4.74 Å². The van der Waals surface area contributed by atoms with E-state index in [2.05, 4.69) is 18.7 Å². The molecule has 0 aromatic rings. The molecular formula is C18H29NO. The van der Waals surface area contributed by atoms with Gasteiger partial charge in [0.1, 0.15) is 0 Å². The molecule has 0 aromatic carbocycles. The van der Waals surface area contributed by atoms with Crippen LogP contribution in [0.3, 0.4) is 0 Å². The predicted molar refractivity (Wildman–Crippen MR) is 82.1 cm³/mol. The summed E-state index contributed by atoms with van der Waals surface area (Å²) in [7, 11) is 0. The Labute approximate surface area is 124 Å². The van der Waals surface area contributed by atoms with E-state index in [1.807, 2.05) is 6.92 Å². The summed E-state index contributed by atoms with van der Waals surface area (Å²) < 4.78 is 5.54. The lowest BCUT2D eigenvalue weighted by molar-refractivity contribution is 0.0374. The van der Waals surface area contributed by atoms with Gasteiger partial charge in [-0.25, -0.2) is 0 Å². The van der Waals surface area contributed by atoms with Crippen molar-refractivity contribution >= 4 is 0 Å². The van der Waals surface area contributed by atoms with Crippen LogP contribution in [-0.4, -0.2) is 13.2 Å². The quantitative estimate of drug-likeness (QED) is 0.680. The summed E-state index contributed by atoms with van der Waals surface area (Å²) in [5, 5.41) is 9.49. The first-order chi connectivity index (χ1) is 9.73. The van der Waals surface area contributed by atoms with Gasteiger partial charge in [0, 0.05) is 6.61 Å². The maximum absolute atomic E-state index is 9.49. The largest absolute Gasteiger partial charge is 0.380 e. The standard InChI is InChI=1S/C18H29NO/c1-3-15-5-7-16(8-6-15)17-9-11-18(13-19,12-10-17)14-20-4-2/h3,15-17H,1,4-12,14H2,2H3. The molecule has 0 aliphatic heterocycles. The number of hydrogen-bond donors (Lipinski definition) is 0. The Kier molecular flexibility index (Phi) is 5.66. The molecule has 0 amide bonds. The minimum absolute atomic E-state index is 0.190. The molecular weight excluding hydrogens is 246 g/mol. The van der Waals surface area contributed by atoms with Gasteiger partial charge >= 0.3 is 0 Å². The summed E-state index contributed by atoms with van der Waals surface area (Å²) in [6, 6.07) is 2.55. The molecule has 0 atom stereocenters. The van der Waals surface area contributed by atoms with Gasteiger partial charge in [-0.1, -0.05) is 6.08 Å². The average Bonchev–Trinajstić information content (AvgIpc) is 2.53. The van der Waals surface area contributed by atoms with E-state index in [0.717, 1.165) is 37.2 Å². The van der Waals surface area contributed by atoms with Crippen molar-refractivity contribution in [2.75, 3.05) is 13.2 Å². The van der Waals surface area contributed by atoms with Crippen LogP contribution in [-0.2, 0) is 4.74 Å². The maximum atomic E-state index is 9.49. The van der Waals surface area contributed by atoms with E-state index in [1.54, 1.807) is 0 Å². The molecule has 0 saturated heterocycles. The maximum Gasteiger partial charge on any atom is 0.0807 e. The van der Waals surface area contributed by atoms with E-state index in [0.29, 0.717) is 6.61 Å². The van der Waals surface area contributed by atoms with Gasteiger partial charge in [0.15, 0.2) is 0 Å². The third-order valence-electron chi connectivity index (χ3n) is 5.62. The summed E-state index contributed by atoms with van der Waals surface area (Å²) in [4.78, 5) is 0.